The Bertz CT molecular complexity index is 806. The molecule has 0 radical (unpaired) electrons. The summed E-state index contributed by atoms with van der Waals surface area (Å²) in [6.07, 6.45) is 1.67. The molecule has 0 bridgehead atoms. The SMILES string of the molecule is Cc1cnc(C)c2nc3c(nc12)=NS(=O)(=O)N=3. The molecular formula is C9H7N5O2S. The van der Waals surface area contributed by atoms with Crippen molar-refractivity contribution in [2.45, 2.75) is 13.8 Å². The molecule has 1 aliphatic heterocycles. The molecular weight excluding hydrogens is 242 g/mol. The van der Waals surface area contributed by atoms with E-state index in [4.69, 9.17) is 0 Å². The van der Waals surface area contributed by atoms with Gasteiger partial charge in [0, 0.05) is 6.20 Å². The van der Waals surface area contributed by atoms with Gasteiger partial charge in [-0.25, -0.2) is 9.97 Å². The molecule has 8 heteroatoms. The molecule has 0 atom stereocenters. The van der Waals surface area contributed by atoms with Crippen LogP contribution in [-0.2, 0) is 10.2 Å². The number of nitrogens with zero attached hydrogens (tertiary/aromatic N) is 5. The summed E-state index contributed by atoms with van der Waals surface area (Å²) in [6, 6.07) is 0. The van der Waals surface area contributed by atoms with E-state index in [1.165, 1.54) is 0 Å². The molecule has 3 heterocycles. The number of aromatic nitrogens is 3. The predicted octanol–water partition coefficient (Wildman–Crippen LogP) is -0.861. The fourth-order valence-corrected chi connectivity index (χ4v) is 2.35. The average Bonchev–Trinajstić information content (AvgIpc) is 2.54. The van der Waals surface area contributed by atoms with Crippen molar-refractivity contribution in [3.63, 3.8) is 0 Å². The third-order valence-corrected chi connectivity index (χ3v) is 3.24. The first-order valence-electron chi connectivity index (χ1n) is 4.81. The van der Waals surface area contributed by atoms with Crippen molar-refractivity contribution in [3.8, 4) is 0 Å². The van der Waals surface area contributed by atoms with E-state index in [0.717, 1.165) is 5.56 Å². The van der Waals surface area contributed by atoms with Gasteiger partial charge in [0.2, 0.25) is 11.0 Å². The molecule has 0 aromatic carbocycles. The minimum absolute atomic E-state index is 0.0352. The third-order valence-electron chi connectivity index (χ3n) is 2.43. The Kier molecular flexibility index (Phi) is 1.82. The number of fused-ring (bicyclic) bond motifs is 2. The van der Waals surface area contributed by atoms with Gasteiger partial charge >= 0.3 is 10.2 Å². The fourth-order valence-electron chi connectivity index (χ4n) is 1.62. The maximum Gasteiger partial charge on any atom is 0.367 e. The minimum atomic E-state index is -3.80. The van der Waals surface area contributed by atoms with E-state index in [1.807, 2.05) is 6.92 Å². The van der Waals surface area contributed by atoms with Gasteiger partial charge in [-0.1, -0.05) is 0 Å². The van der Waals surface area contributed by atoms with Crippen LogP contribution in [0.15, 0.2) is 15.0 Å². The number of pyridine rings is 1. The second kappa shape index (κ2) is 3.04. The molecule has 0 amide bonds. The predicted molar refractivity (Wildman–Crippen MR) is 58.0 cm³/mol. The van der Waals surface area contributed by atoms with Gasteiger partial charge in [0.25, 0.3) is 0 Å². The van der Waals surface area contributed by atoms with Crippen LogP contribution in [0, 0.1) is 13.8 Å². The normalized spacial score (nSPS) is 16.4. The van der Waals surface area contributed by atoms with Crippen LogP contribution in [-0.4, -0.2) is 23.4 Å². The Morgan fingerprint density at radius 1 is 1.00 bits per heavy atom. The number of hydrogen-bond donors (Lipinski definition) is 0. The lowest BCUT2D eigenvalue weighted by molar-refractivity contribution is 0.599. The van der Waals surface area contributed by atoms with Crippen LogP contribution in [0.3, 0.4) is 0 Å². The summed E-state index contributed by atoms with van der Waals surface area (Å²) in [5.41, 5.74) is 2.74. The summed E-state index contributed by atoms with van der Waals surface area (Å²) in [4.78, 5) is 12.5. The molecule has 1 aliphatic rings. The zero-order valence-corrected chi connectivity index (χ0v) is 9.85. The molecule has 17 heavy (non-hydrogen) atoms. The van der Waals surface area contributed by atoms with Gasteiger partial charge in [-0.2, -0.15) is 8.42 Å². The lowest BCUT2D eigenvalue weighted by Gasteiger charge is -2.00. The van der Waals surface area contributed by atoms with Gasteiger partial charge in [0.15, 0.2) is 0 Å². The molecule has 0 N–H and O–H groups in total. The Labute approximate surface area is 96.2 Å². The highest BCUT2D eigenvalue weighted by atomic mass is 32.2. The van der Waals surface area contributed by atoms with Gasteiger partial charge in [0.05, 0.1) is 11.2 Å². The van der Waals surface area contributed by atoms with E-state index >= 15 is 0 Å². The van der Waals surface area contributed by atoms with E-state index in [9.17, 15) is 8.42 Å². The van der Waals surface area contributed by atoms with Crippen LogP contribution in [0.4, 0.5) is 0 Å². The first-order chi connectivity index (χ1) is 7.96. The van der Waals surface area contributed by atoms with E-state index in [-0.39, 0.29) is 11.0 Å². The monoisotopic (exact) mass is 249 g/mol. The van der Waals surface area contributed by atoms with Crippen LogP contribution in [0.1, 0.15) is 11.3 Å². The highest BCUT2D eigenvalue weighted by Gasteiger charge is 2.16. The fraction of sp³-hybridized carbons (Fsp3) is 0.222. The van der Waals surface area contributed by atoms with Gasteiger partial charge in [-0.3, -0.25) is 4.98 Å². The largest absolute Gasteiger partial charge is 0.367 e. The van der Waals surface area contributed by atoms with Gasteiger partial charge < -0.3 is 0 Å². The van der Waals surface area contributed by atoms with E-state index in [0.29, 0.717) is 16.7 Å². The van der Waals surface area contributed by atoms with Crippen LogP contribution in [0.2, 0.25) is 0 Å². The molecule has 3 rings (SSSR count). The second-order valence-electron chi connectivity index (χ2n) is 3.73. The summed E-state index contributed by atoms with van der Waals surface area (Å²) in [5, 5.41) is 0. The van der Waals surface area contributed by atoms with E-state index in [2.05, 4.69) is 23.7 Å². The van der Waals surface area contributed by atoms with E-state index in [1.54, 1.807) is 13.1 Å². The molecule has 0 aliphatic carbocycles. The third kappa shape index (κ3) is 1.48. The molecule has 7 nitrogen and oxygen atoms in total. The highest BCUT2D eigenvalue weighted by Crippen LogP contribution is 2.12. The maximum atomic E-state index is 11.2. The Hall–Kier alpha value is -1.96. The second-order valence-corrected chi connectivity index (χ2v) is 4.99. The van der Waals surface area contributed by atoms with Crippen LogP contribution >= 0.6 is 0 Å². The van der Waals surface area contributed by atoms with Crippen LogP contribution < -0.4 is 11.0 Å². The van der Waals surface area contributed by atoms with E-state index < -0.39 is 10.2 Å². The molecule has 0 spiro atoms. The number of aryl methyl sites for hydroxylation is 2. The molecule has 0 fully saturated rings. The maximum absolute atomic E-state index is 11.2. The minimum Gasteiger partial charge on any atom is -0.259 e. The van der Waals surface area contributed by atoms with Crippen molar-refractivity contribution in [2.75, 3.05) is 0 Å². The molecule has 2 aromatic rings. The van der Waals surface area contributed by atoms with Crippen LogP contribution in [0.5, 0.6) is 0 Å². The summed E-state index contributed by atoms with van der Waals surface area (Å²) in [7, 11) is -3.80. The summed E-state index contributed by atoms with van der Waals surface area (Å²) >= 11 is 0. The first kappa shape index (κ1) is 10.2. The van der Waals surface area contributed by atoms with Gasteiger partial charge in [0.1, 0.15) is 5.52 Å². The van der Waals surface area contributed by atoms with Crippen LogP contribution in [0.25, 0.3) is 11.0 Å². The highest BCUT2D eigenvalue weighted by molar-refractivity contribution is 7.88. The zero-order valence-electron chi connectivity index (χ0n) is 9.04. The standard InChI is InChI=1S/C9H7N5O2S/c1-4-3-10-5(2)7-6(4)11-8-9(12-7)14-17(15,16)13-8/h3H,1-2H3. The van der Waals surface area contributed by atoms with Gasteiger partial charge in [-0.15, -0.1) is 8.80 Å². The molecule has 2 aromatic heterocycles. The average molecular weight is 249 g/mol. The van der Waals surface area contributed by atoms with Crippen molar-refractivity contribution < 1.29 is 8.42 Å². The Morgan fingerprint density at radius 3 is 2.24 bits per heavy atom. The lowest BCUT2D eigenvalue weighted by atomic mass is 10.2. The van der Waals surface area contributed by atoms with Gasteiger partial charge in [-0.05, 0) is 19.4 Å². The zero-order chi connectivity index (χ0) is 12.2. The van der Waals surface area contributed by atoms with Crippen molar-refractivity contribution >= 4 is 21.2 Å². The Morgan fingerprint density at radius 2 is 1.59 bits per heavy atom. The Balaban J connectivity index is 2.60. The molecule has 0 saturated heterocycles. The summed E-state index contributed by atoms with van der Waals surface area (Å²) in [5.74, 6) is 0. The smallest absolute Gasteiger partial charge is 0.259 e. The van der Waals surface area contributed by atoms with Crippen molar-refractivity contribution in [1.82, 2.24) is 15.0 Å². The molecule has 86 valence electrons. The van der Waals surface area contributed by atoms with Crippen molar-refractivity contribution in [2.24, 2.45) is 8.80 Å². The summed E-state index contributed by atoms with van der Waals surface area (Å²) < 4.78 is 29.2. The van der Waals surface area contributed by atoms with Crippen molar-refractivity contribution in [1.29, 1.82) is 0 Å². The topological polar surface area (TPSA) is 97.5 Å². The summed E-state index contributed by atoms with van der Waals surface area (Å²) in [6.45, 7) is 3.61. The number of hydrogen-bond acceptors (Lipinski definition) is 5. The molecule has 0 saturated carbocycles. The number of rotatable bonds is 0. The molecule has 0 unspecified atom stereocenters. The first-order valence-corrected chi connectivity index (χ1v) is 6.21. The van der Waals surface area contributed by atoms with Crippen molar-refractivity contribution in [3.05, 3.63) is 28.4 Å². The quantitative estimate of drug-likeness (QED) is 0.605. The lowest BCUT2D eigenvalue weighted by Crippen LogP contribution is -2.29.